The average Bonchev–Trinajstić information content (AvgIpc) is 2.75. The molecule has 0 aliphatic heterocycles. The molecule has 0 unspecified atom stereocenters. The highest BCUT2D eigenvalue weighted by Gasteiger charge is 2.17. The van der Waals surface area contributed by atoms with Gasteiger partial charge >= 0.3 is 0 Å². The predicted molar refractivity (Wildman–Crippen MR) is 125 cm³/mol. The van der Waals surface area contributed by atoms with Gasteiger partial charge in [0, 0.05) is 27.7 Å². The largest absolute Gasteiger partial charge is 0.290 e. The highest BCUT2D eigenvalue weighted by Crippen LogP contribution is 2.24. The predicted octanol–water partition coefficient (Wildman–Crippen LogP) is 3.81. The van der Waals surface area contributed by atoms with E-state index in [1.807, 2.05) is 6.92 Å². The summed E-state index contributed by atoms with van der Waals surface area (Å²) in [6, 6.07) is 11.9. The summed E-state index contributed by atoms with van der Waals surface area (Å²) in [4.78, 5) is 37.3. The minimum Gasteiger partial charge on any atom is -0.272 e. The number of carbonyl (C=O) groups is 2. The van der Waals surface area contributed by atoms with Gasteiger partial charge in [-0.1, -0.05) is 54.4 Å². The molecule has 0 aliphatic rings. The molecule has 0 spiro atoms. The molecule has 1 aromatic heterocycles. The summed E-state index contributed by atoms with van der Waals surface area (Å²) >= 11 is 13.3. The number of halogens is 2. The van der Waals surface area contributed by atoms with Gasteiger partial charge in [-0.2, -0.15) is 5.10 Å². The Hall–Kier alpha value is -2.55. The Morgan fingerprint density at radius 3 is 2.55 bits per heavy atom. The zero-order valence-corrected chi connectivity index (χ0v) is 19.0. The smallest absolute Gasteiger partial charge is 0.272 e. The highest BCUT2D eigenvalue weighted by atomic mass is 35.5. The van der Waals surface area contributed by atoms with Crippen molar-refractivity contribution in [2.75, 3.05) is 5.75 Å². The molecule has 0 saturated carbocycles. The topological polar surface area (TPSA) is 93.1 Å². The Balaban J connectivity index is 1.62. The number of fused-ring (bicyclic) bond motifs is 1. The van der Waals surface area contributed by atoms with Gasteiger partial charge in [-0.05, 0) is 30.2 Å². The number of hydrogen-bond acceptors (Lipinski definition) is 5. The zero-order chi connectivity index (χ0) is 22.4. The van der Waals surface area contributed by atoms with Crippen LogP contribution in [-0.2, 0) is 17.1 Å². The van der Waals surface area contributed by atoms with Crippen LogP contribution in [0.25, 0.3) is 10.8 Å². The van der Waals surface area contributed by atoms with Gasteiger partial charge in [0.05, 0.1) is 11.1 Å². The van der Waals surface area contributed by atoms with E-state index in [9.17, 15) is 14.4 Å². The average molecular weight is 479 g/mol. The summed E-state index contributed by atoms with van der Waals surface area (Å²) in [6.45, 7) is 2.30. The maximum Gasteiger partial charge on any atom is 0.290 e. The summed E-state index contributed by atoms with van der Waals surface area (Å²) in [5, 5.41) is 6.11. The quantitative estimate of drug-likeness (QED) is 0.503. The van der Waals surface area contributed by atoms with E-state index in [1.165, 1.54) is 16.4 Å². The molecule has 1 heterocycles. The van der Waals surface area contributed by atoms with Crippen LogP contribution in [0.3, 0.4) is 0 Å². The van der Waals surface area contributed by atoms with E-state index in [0.29, 0.717) is 39.5 Å². The summed E-state index contributed by atoms with van der Waals surface area (Å²) in [6.07, 6.45) is 0.692. The van der Waals surface area contributed by atoms with Gasteiger partial charge in [0.2, 0.25) is 5.91 Å². The molecule has 3 aromatic rings. The van der Waals surface area contributed by atoms with E-state index in [0.717, 1.165) is 5.56 Å². The number of aryl methyl sites for hydroxylation is 1. The lowest BCUT2D eigenvalue weighted by Gasteiger charge is -2.11. The number of nitrogens with zero attached hydrogens (tertiary/aromatic N) is 2. The maximum absolute atomic E-state index is 12.7. The first kappa shape index (κ1) is 23.1. The van der Waals surface area contributed by atoms with Crippen molar-refractivity contribution in [3.63, 3.8) is 0 Å². The highest BCUT2D eigenvalue weighted by molar-refractivity contribution is 7.99. The van der Waals surface area contributed by atoms with Crippen molar-refractivity contribution < 1.29 is 9.59 Å². The SMILES string of the molecule is CCCn1nc(C(=O)NNC(=O)CSCc2ccc(Cl)cc2Cl)c2ccccc2c1=O. The van der Waals surface area contributed by atoms with E-state index in [4.69, 9.17) is 23.2 Å². The van der Waals surface area contributed by atoms with Crippen LogP contribution in [0.15, 0.2) is 47.3 Å². The minimum atomic E-state index is -0.597. The molecule has 2 amide bonds. The fourth-order valence-corrected chi connectivity index (χ4v) is 4.27. The molecule has 0 radical (unpaired) electrons. The van der Waals surface area contributed by atoms with Crippen LogP contribution in [0.4, 0.5) is 0 Å². The van der Waals surface area contributed by atoms with Crippen molar-refractivity contribution in [3.05, 3.63) is 74.1 Å². The van der Waals surface area contributed by atoms with Crippen LogP contribution in [0.2, 0.25) is 10.0 Å². The summed E-state index contributed by atoms with van der Waals surface area (Å²) < 4.78 is 1.27. The third-order valence-corrected chi connectivity index (χ3v) is 5.91. The first-order chi connectivity index (χ1) is 14.9. The van der Waals surface area contributed by atoms with Gasteiger partial charge in [0.25, 0.3) is 11.5 Å². The second-order valence-electron chi connectivity index (χ2n) is 6.65. The van der Waals surface area contributed by atoms with Crippen molar-refractivity contribution >= 4 is 57.6 Å². The molecule has 0 saturated heterocycles. The van der Waals surface area contributed by atoms with E-state index in [2.05, 4.69) is 16.0 Å². The molecular formula is C21H20Cl2N4O3S. The maximum atomic E-state index is 12.7. The minimum absolute atomic E-state index is 0.0737. The fourth-order valence-electron chi connectivity index (χ4n) is 2.88. The van der Waals surface area contributed by atoms with Crippen molar-refractivity contribution in [2.24, 2.45) is 0 Å². The van der Waals surface area contributed by atoms with Crippen molar-refractivity contribution in [1.82, 2.24) is 20.6 Å². The number of rotatable bonds is 7. The summed E-state index contributed by atoms with van der Waals surface area (Å²) in [5.41, 5.74) is 5.44. The van der Waals surface area contributed by atoms with Crippen molar-refractivity contribution in [3.8, 4) is 0 Å². The molecule has 10 heteroatoms. The molecule has 2 N–H and O–H groups in total. The van der Waals surface area contributed by atoms with E-state index in [1.54, 1.807) is 42.5 Å². The van der Waals surface area contributed by atoms with Crippen LogP contribution < -0.4 is 16.4 Å². The Morgan fingerprint density at radius 1 is 1.10 bits per heavy atom. The van der Waals surface area contributed by atoms with Gasteiger partial charge in [0.1, 0.15) is 0 Å². The number of benzene rings is 2. The molecule has 0 aliphatic carbocycles. The Labute approximate surface area is 193 Å². The van der Waals surface area contributed by atoms with Crippen LogP contribution in [0, 0.1) is 0 Å². The number of nitrogens with one attached hydrogen (secondary N) is 2. The number of thioether (sulfide) groups is 1. The van der Waals surface area contributed by atoms with Gasteiger partial charge in [-0.25, -0.2) is 4.68 Å². The van der Waals surface area contributed by atoms with E-state index < -0.39 is 5.91 Å². The standard InChI is InChI=1S/C21H20Cl2N4O3S/c1-2-9-27-21(30)16-6-4-3-5-15(16)19(26-27)20(29)25-24-18(28)12-31-11-13-7-8-14(22)10-17(13)23/h3-8,10H,2,9,11-12H2,1H3,(H,24,28)(H,25,29). The Bertz CT molecular complexity index is 1180. The molecule has 0 bridgehead atoms. The van der Waals surface area contributed by atoms with Crippen molar-refractivity contribution in [1.29, 1.82) is 0 Å². The normalized spacial score (nSPS) is 10.8. The second kappa shape index (κ2) is 10.7. The fraction of sp³-hybridized carbons (Fsp3) is 0.238. The second-order valence-corrected chi connectivity index (χ2v) is 8.48. The number of hydrazine groups is 1. The molecule has 162 valence electrons. The monoisotopic (exact) mass is 478 g/mol. The Morgan fingerprint density at radius 2 is 1.84 bits per heavy atom. The van der Waals surface area contributed by atoms with Crippen LogP contribution in [0.5, 0.6) is 0 Å². The van der Waals surface area contributed by atoms with Crippen LogP contribution in [-0.4, -0.2) is 27.3 Å². The Kier molecular flexibility index (Phi) is 7.95. The number of amides is 2. The molecule has 2 aromatic carbocycles. The number of carbonyl (C=O) groups excluding carboxylic acids is 2. The van der Waals surface area contributed by atoms with Crippen molar-refractivity contribution in [2.45, 2.75) is 25.6 Å². The molecule has 0 atom stereocenters. The van der Waals surface area contributed by atoms with Crippen LogP contribution >= 0.6 is 35.0 Å². The van der Waals surface area contributed by atoms with Gasteiger partial charge in [0.15, 0.2) is 5.69 Å². The third-order valence-electron chi connectivity index (χ3n) is 4.34. The van der Waals surface area contributed by atoms with E-state index in [-0.39, 0.29) is 22.9 Å². The van der Waals surface area contributed by atoms with Gasteiger partial charge in [-0.15, -0.1) is 11.8 Å². The lowest BCUT2D eigenvalue weighted by molar-refractivity contribution is -0.119. The number of hydrogen-bond donors (Lipinski definition) is 2. The molecule has 31 heavy (non-hydrogen) atoms. The lowest BCUT2D eigenvalue weighted by atomic mass is 10.1. The lowest BCUT2D eigenvalue weighted by Crippen LogP contribution is -2.43. The zero-order valence-electron chi connectivity index (χ0n) is 16.7. The first-order valence-corrected chi connectivity index (χ1v) is 11.4. The van der Waals surface area contributed by atoms with Gasteiger partial charge in [-0.3, -0.25) is 25.2 Å². The molecule has 0 fully saturated rings. The molecule has 3 rings (SSSR count). The summed E-state index contributed by atoms with van der Waals surface area (Å²) in [5.74, 6) is -0.344. The van der Waals surface area contributed by atoms with Crippen LogP contribution in [0.1, 0.15) is 29.4 Å². The third kappa shape index (κ3) is 5.78. The summed E-state index contributed by atoms with van der Waals surface area (Å²) in [7, 11) is 0. The van der Waals surface area contributed by atoms with E-state index >= 15 is 0 Å². The molecule has 7 nitrogen and oxygen atoms in total. The number of aromatic nitrogens is 2. The molecular weight excluding hydrogens is 459 g/mol. The van der Waals surface area contributed by atoms with Gasteiger partial charge < -0.3 is 0 Å². The first-order valence-electron chi connectivity index (χ1n) is 9.51.